The van der Waals surface area contributed by atoms with Crippen molar-refractivity contribution in [3.8, 4) is 0 Å². The van der Waals surface area contributed by atoms with Gasteiger partial charge in [0.15, 0.2) is 0 Å². The number of rotatable bonds is 2. The normalized spacial score (nSPS) is 21.4. The van der Waals surface area contributed by atoms with E-state index in [9.17, 15) is 4.79 Å². The van der Waals surface area contributed by atoms with Crippen molar-refractivity contribution in [1.29, 1.82) is 0 Å². The average molecular weight is 143 g/mol. The standard InChI is InChI=1S/C6H13N3O/c1-4(7)6(10)9-5-2-8-3-5/h4-5,8H,2-3,7H2,1H3,(H,9,10)/t4-/m1/s1. The molecule has 58 valence electrons. The zero-order valence-corrected chi connectivity index (χ0v) is 6.05. The van der Waals surface area contributed by atoms with Crippen LogP contribution in [0.4, 0.5) is 0 Å². The molecule has 1 amide bonds. The first-order valence-corrected chi connectivity index (χ1v) is 3.47. The highest BCUT2D eigenvalue weighted by molar-refractivity contribution is 5.81. The summed E-state index contributed by atoms with van der Waals surface area (Å²) in [6, 6.07) is -0.0842. The van der Waals surface area contributed by atoms with Crippen LogP contribution in [-0.4, -0.2) is 31.1 Å². The first kappa shape index (κ1) is 7.50. The van der Waals surface area contributed by atoms with Gasteiger partial charge in [0.25, 0.3) is 0 Å². The molecule has 1 saturated heterocycles. The molecule has 0 aliphatic carbocycles. The maximum atomic E-state index is 10.9. The Labute approximate surface area is 60.2 Å². The molecular weight excluding hydrogens is 130 g/mol. The summed E-state index contributed by atoms with van der Waals surface area (Å²) < 4.78 is 0. The number of carbonyl (C=O) groups is 1. The molecule has 4 N–H and O–H groups in total. The second kappa shape index (κ2) is 2.98. The van der Waals surface area contributed by atoms with Crippen LogP contribution in [0.5, 0.6) is 0 Å². The fourth-order valence-electron chi connectivity index (χ4n) is 0.723. The van der Waals surface area contributed by atoms with Gasteiger partial charge in [-0.2, -0.15) is 0 Å². The van der Waals surface area contributed by atoms with E-state index in [0.29, 0.717) is 6.04 Å². The summed E-state index contributed by atoms with van der Waals surface area (Å²) in [4.78, 5) is 10.9. The molecule has 4 nitrogen and oxygen atoms in total. The monoisotopic (exact) mass is 143 g/mol. The van der Waals surface area contributed by atoms with E-state index in [2.05, 4.69) is 10.6 Å². The van der Waals surface area contributed by atoms with Crippen LogP contribution in [0, 0.1) is 0 Å². The van der Waals surface area contributed by atoms with Crippen LogP contribution in [0.1, 0.15) is 6.92 Å². The van der Waals surface area contributed by atoms with Crippen molar-refractivity contribution in [3.05, 3.63) is 0 Å². The van der Waals surface area contributed by atoms with Gasteiger partial charge in [0, 0.05) is 13.1 Å². The van der Waals surface area contributed by atoms with Crippen molar-refractivity contribution >= 4 is 5.91 Å². The van der Waals surface area contributed by atoms with Gasteiger partial charge in [-0.1, -0.05) is 0 Å². The van der Waals surface area contributed by atoms with E-state index in [4.69, 9.17) is 5.73 Å². The molecular formula is C6H13N3O. The molecule has 0 spiro atoms. The third-order valence-corrected chi connectivity index (χ3v) is 1.54. The molecule has 1 heterocycles. The lowest BCUT2D eigenvalue weighted by Crippen LogP contribution is -2.59. The third-order valence-electron chi connectivity index (χ3n) is 1.54. The Morgan fingerprint density at radius 1 is 1.80 bits per heavy atom. The van der Waals surface area contributed by atoms with Crippen LogP contribution in [-0.2, 0) is 4.79 Å². The van der Waals surface area contributed by atoms with Crippen LogP contribution < -0.4 is 16.4 Å². The predicted octanol–water partition coefficient (Wildman–Crippen LogP) is -1.58. The van der Waals surface area contributed by atoms with E-state index in [1.165, 1.54) is 0 Å². The smallest absolute Gasteiger partial charge is 0.236 e. The van der Waals surface area contributed by atoms with Crippen LogP contribution in [0.3, 0.4) is 0 Å². The lowest BCUT2D eigenvalue weighted by Gasteiger charge is -2.28. The lowest BCUT2D eigenvalue weighted by molar-refractivity contribution is -0.123. The van der Waals surface area contributed by atoms with Gasteiger partial charge in [-0.05, 0) is 6.92 Å². The Kier molecular flexibility index (Phi) is 2.24. The van der Waals surface area contributed by atoms with Gasteiger partial charge in [-0.3, -0.25) is 4.79 Å². The molecule has 1 fully saturated rings. The fraction of sp³-hybridized carbons (Fsp3) is 0.833. The summed E-state index contributed by atoms with van der Waals surface area (Å²) in [6.45, 7) is 3.43. The number of amides is 1. The Balaban J connectivity index is 2.17. The van der Waals surface area contributed by atoms with Crippen molar-refractivity contribution in [2.24, 2.45) is 5.73 Å². The number of hydrogen-bond donors (Lipinski definition) is 3. The Hall–Kier alpha value is -0.610. The maximum Gasteiger partial charge on any atom is 0.236 e. The molecule has 4 heteroatoms. The molecule has 0 radical (unpaired) electrons. The van der Waals surface area contributed by atoms with E-state index in [1.807, 2.05) is 0 Å². The number of nitrogens with two attached hydrogens (primary N) is 1. The van der Waals surface area contributed by atoms with Gasteiger partial charge in [0.05, 0.1) is 12.1 Å². The highest BCUT2D eigenvalue weighted by Crippen LogP contribution is 1.90. The summed E-state index contributed by atoms with van der Waals surface area (Å²) in [5, 5.41) is 5.84. The summed E-state index contributed by atoms with van der Waals surface area (Å²) in [5.41, 5.74) is 5.33. The second-order valence-corrected chi connectivity index (χ2v) is 2.65. The Morgan fingerprint density at radius 3 is 2.70 bits per heavy atom. The van der Waals surface area contributed by atoms with Gasteiger partial charge >= 0.3 is 0 Å². The first-order chi connectivity index (χ1) is 4.70. The minimum Gasteiger partial charge on any atom is -0.349 e. The lowest BCUT2D eigenvalue weighted by atomic mass is 10.1. The molecule has 0 bridgehead atoms. The van der Waals surface area contributed by atoms with Crippen molar-refractivity contribution in [3.63, 3.8) is 0 Å². The number of carbonyl (C=O) groups excluding carboxylic acids is 1. The van der Waals surface area contributed by atoms with Crippen LogP contribution in [0.15, 0.2) is 0 Å². The highest BCUT2D eigenvalue weighted by atomic mass is 16.2. The van der Waals surface area contributed by atoms with E-state index in [-0.39, 0.29) is 11.9 Å². The van der Waals surface area contributed by atoms with E-state index < -0.39 is 0 Å². The molecule has 10 heavy (non-hydrogen) atoms. The van der Waals surface area contributed by atoms with Crippen LogP contribution >= 0.6 is 0 Å². The summed E-state index contributed by atoms with van der Waals surface area (Å²) >= 11 is 0. The Bertz CT molecular complexity index is 131. The van der Waals surface area contributed by atoms with E-state index in [0.717, 1.165) is 13.1 Å². The maximum absolute atomic E-state index is 10.9. The number of nitrogens with one attached hydrogen (secondary N) is 2. The third kappa shape index (κ3) is 1.68. The SMILES string of the molecule is C[C@@H](N)C(=O)NC1CNC1. The molecule has 1 rings (SSSR count). The van der Waals surface area contributed by atoms with Crippen molar-refractivity contribution in [1.82, 2.24) is 10.6 Å². The summed E-state index contributed by atoms with van der Waals surface area (Å²) in [5.74, 6) is -0.0634. The van der Waals surface area contributed by atoms with E-state index >= 15 is 0 Å². The zero-order chi connectivity index (χ0) is 7.56. The van der Waals surface area contributed by atoms with Crippen molar-refractivity contribution in [2.45, 2.75) is 19.0 Å². The molecule has 1 aliphatic rings. The molecule has 0 aromatic heterocycles. The summed E-state index contributed by atoms with van der Waals surface area (Å²) in [6.07, 6.45) is 0. The zero-order valence-electron chi connectivity index (χ0n) is 6.05. The first-order valence-electron chi connectivity index (χ1n) is 3.47. The molecule has 0 aromatic rings. The Morgan fingerprint density at radius 2 is 2.40 bits per heavy atom. The molecule has 0 unspecified atom stereocenters. The van der Waals surface area contributed by atoms with Crippen LogP contribution in [0.2, 0.25) is 0 Å². The van der Waals surface area contributed by atoms with Crippen molar-refractivity contribution < 1.29 is 4.79 Å². The average Bonchev–Trinajstić information content (AvgIpc) is 1.77. The molecule has 0 saturated carbocycles. The minimum absolute atomic E-state index is 0.0634. The second-order valence-electron chi connectivity index (χ2n) is 2.65. The van der Waals surface area contributed by atoms with Gasteiger partial charge in [0.1, 0.15) is 0 Å². The minimum atomic E-state index is -0.388. The topological polar surface area (TPSA) is 67.2 Å². The molecule has 1 aliphatic heterocycles. The van der Waals surface area contributed by atoms with Crippen LogP contribution in [0.25, 0.3) is 0 Å². The summed E-state index contributed by atoms with van der Waals surface area (Å²) in [7, 11) is 0. The van der Waals surface area contributed by atoms with Gasteiger partial charge in [-0.15, -0.1) is 0 Å². The van der Waals surface area contributed by atoms with Gasteiger partial charge in [-0.25, -0.2) is 0 Å². The fourth-order valence-corrected chi connectivity index (χ4v) is 0.723. The molecule has 0 aromatic carbocycles. The van der Waals surface area contributed by atoms with Gasteiger partial charge < -0.3 is 16.4 Å². The predicted molar refractivity (Wildman–Crippen MR) is 38.4 cm³/mol. The quantitative estimate of drug-likeness (QED) is 0.437. The van der Waals surface area contributed by atoms with E-state index in [1.54, 1.807) is 6.92 Å². The molecule has 1 atom stereocenters. The highest BCUT2D eigenvalue weighted by Gasteiger charge is 2.19. The van der Waals surface area contributed by atoms with Gasteiger partial charge in [0.2, 0.25) is 5.91 Å². The van der Waals surface area contributed by atoms with Crippen molar-refractivity contribution in [2.75, 3.05) is 13.1 Å². The number of hydrogen-bond acceptors (Lipinski definition) is 3. The largest absolute Gasteiger partial charge is 0.349 e.